The molecule has 0 atom stereocenters. The Morgan fingerprint density at radius 2 is 1.35 bits per heavy atom. The van der Waals surface area contributed by atoms with Crippen LogP contribution < -0.4 is 0 Å². The second-order valence-corrected chi connectivity index (χ2v) is 7.40. The van der Waals surface area contributed by atoms with Crippen molar-refractivity contribution in [1.29, 1.82) is 0 Å². The van der Waals surface area contributed by atoms with E-state index in [4.69, 9.17) is 24.0 Å². The van der Waals surface area contributed by atoms with Crippen LogP contribution in [-0.2, 0) is 28.8 Å². The number of esters is 1. The first-order valence-corrected chi connectivity index (χ1v) is 9.66. The van der Waals surface area contributed by atoms with Crippen molar-refractivity contribution < 1.29 is 33.8 Å². The minimum Gasteiger partial charge on any atom is -0.460 e. The highest BCUT2D eigenvalue weighted by atomic mass is 17.2. The first-order chi connectivity index (χ1) is 12.0. The van der Waals surface area contributed by atoms with Crippen LogP contribution in [0, 0.1) is 0 Å². The molecule has 26 heavy (non-hydrogen) atoms. The summed E-state index contributed by atoms with van der Waals surface area (Å²) in [6.45, 7) is 17.7. The Morgan fingerprint density at radius 1 is 0.846 bits per heavy atom. The molecule has 7 nitrogen and oxygen atoms in total. The highest BCUT2D eigenvalue weighted by Crippen LogP contribution is 2.23. The maximum absolute atomic E-state index is 11.1. The molecule has 0 aromatic rings. The molecule has 0 rings (SSSR count). The average Bonchev–Trinajstić information content (AvgIpc) is 2.45. The molecule has 0 bridgehead atoms. The van der Waals surface area contributed by atoms with Gasteiger partial charge in [0, 0.05) is 19.8 Å². The zero-order valence-electron chi connectivity index (χ0n) is 18.1. The summed E-state index contributed by atoms with van der Waals surface area (Å²) in [6, 6.07) is 0. The standard InChI is InChI=1S/C19H40NO6/c1-9-23-20(24-10-2,25-11-3)15-12-13-18(5,6)22-16-14-19(7,8)26-17(4)21/h9-16H2,1-8H3/q+1. The Bertz CT molecular complexity index is 380. The quantitative estimate of drug-likeness (QED) is 0.244. The highest BCUT2D eigenvalue weighted by molar-refractivity contribution is 5.66. The van der Waals surface area contributed by atoms with E-state index in [0.717, 1.165) is 12.8 Å². The van der Waals surface area contributed by atoms with E-state index < -0.39 is 5.60 Å². The molecule has 0 aromatic heterocycles. The van der Waals surface area contributed by atoms with Crippen molar-refractivity contribution in [3.8, 4) is 0 Å². The molecule has 0 spiro atoms. The molecule has 0 aliphatic heterocycles. The van der Waals surface area contributed by atoms with E-state index in [-0.39, 0.29) is 16.5 Å². The Kier molecular flexibility index (Phi) is 11.5. The van der Waals surface area contributed by atoms with Gasteiger partial charge in [-0.15, -0.1) is 14.5 Å². The van der Waals surface area contributed by atoms with Crippen molar-refractivity contribution in [3.63, 3.8) is 0 Å². The molecule has 0 N–H and O–H groups in total. The molecule has 0 aliphatic rings. The number of hydroxylamine groups is 3. The van der Waals surface area contributed by atoms with E-state index >= 15 is 0 Å². The van der Waals surface area contributed by atoms with Gasteiger partial charge in [0.15, 0.2) is 6.54 Å². The van der Waals surface area contributed by atoms with Crippen LogP contribution in [0.2, 0.25) is 0 Å². The molecule has 0 heterocycles. The van der Waals surface area contributed by atoms with E-state index in [0.29, 0.717) is 39.4 Å². The van der Waals surface area contributed by atoms with Crippen molar-refractivity contribution in [1.82, 2.24) is 0 Å². The van der Waals surface area contributed by atoms with Gasteiger partial charge in [-0.25, -0.2) is 0 Å². The van der Waals surface area contributed by atoms with Gasteiger partial charge in [-0.05, 0) is 54.9 Å². The molecule has 0 aliphatic carbocycles. The number of ether oxygens (including phenoxy) is 2. The van der Waals surface area contributed by atoms with Gasteiger partial charge in [-0.1, -0.05) is 0 Å². The van der Waals surface area contributed by atoms with Crippen LogP contribution in [0.3, 0.4) is 0 Å². The first-order valence-electron chi connectivity index (χ1n) is 9.66. The summed E-state index contributed by atoms with van der Waals surface area (Å²) >= 11 is 0. The van der Waals surface area contributed by atoms with Crippen LogP contribution in [0.15, 0.2) is 0 Å². The Morgan fingerprint density at radius 3 is 1.77 bits per heavy atom. The number of rotatable bonds is 15. The van der Waals surface area contributed by atoms with Gasteiger partial charge < -0.3 is 9.47 Å². The molecule has 0 unspecified atom stereocenters. The largest absolute Gasteiger partial charge is 0.460 e. The van der Waals surface area contributed by atoms with Crippen LogP contribution in [0.1, 0.15) is 74.7 Å². The second-order valence-electron chi connectivity index (χ2n) is 7.40. The summed E-state index contributed by atoms with van der Waals surface area (Å²) in [7, 11) is 0. The summed E-state index contributed by atoms with van der Waals surface area (Å²) in [5.41, 5.74) is -0.820. The summed E-state index contributed by atoms with van der Waals surface area (Å²) in [5, 5.41) is 0. The Balaban J connectivity index is 4.45. The topological polar surface area (TPSA) is 63.2 Å². The molecular formula is C19H40NO6+. The monoisotopic (exact) mass is 378 g/mol. The number of hydrogen-bond acceptors (Lipinski definition) is 6. The summed E-state index contributed by atoms with van der Waals surface area (Å²) in [4.78, 5) is 28.0. The summed E-state index contributed by atoms with van der Waals surface area (Å²) in [6.07, 6.45) is 2.29. The van der Waals surface area contributed by atoms with Crippen molar-refractivity contribution in [2.24, 2.45) is 0 Å². The van der Waals surface area contributed by atoms with Crippen LogP contribution >= 0.6 is 0 Å². The second kappa shape index (κ2) is 11.9. The molecular weight excluding hydrogens is 338 g/mol. The van der Waals surface area contributed by atoms with Gasteiger partial charge in [0.2, 0.25) is 0 Å². The zero-order valence-corrected chi connectivity index (χ0v) is 18.1. The predicted octanol–water partition coefficient (Wildman–Crippen LogP) is 3.96. The molecule has 0 aromatic carbocycles. The first kappa shape index (κ1) is 25.3. The Labute approximate surface area is 159 Å². The van der Waals surface area contributed by atoms with Gasteiger partial charge in [-0.2, -0.15) is 0 Å². The van der Waals surface area contributed by atoms with Gasteiger partial charge in [0.05, 0.1) is 17.2 Å². The maximum atomic E-state index is 11.1. The fraction of sp³-hybridized carbons (Fsp3) is 0.947. The fourth-order valence-corrected chi connectivity index (χ4v) is 2.68. The van der Waals surface area contributed by atoms with Gasteiger partial charge in [-0.3, -0.25) is 4.79 Å². The zero-order chi connectivity index (χ0) is 20.3. The molecule has 0 radical (unpaired) electrons. The average molecular weight is 379 g/mol. The minimum atomic E-state index is -0.521. The van der Waals surface area contributed by atoms with Crippen LogP contribution in [0.4, 0.5) is 0 Å². The number of nitrogens with zero attached hydrogens (tertiary/aromatic N) is 1. The van der Waals surface area contributed by atoms with E-state index in [1.54, 1.807) is 0 Å². The lowest BCUT2D eigenvalue weighted by Gasteiger charge is -2.31. The minimum absolute atomic E-state index is 0.237. The molecule has 0 amide bonds. The van der Waals surface area contributed by atoms with Crippen molar-refractivity contribution in [2.75, 3.05) is 33.0 Å². The molecule has 156 valence electrons. The predicted molar refractivity (Wildman–Crippen MR) is 99.7 cm³/mol. The molecule has 0 saturated heterocycles. The summed E-state index contributed by atoms with van der Waals surface area (Å²) in [5.74, 6) is -0.272. The lowest BCUT2D eigenvalue weighted by atomic mass is 10.0. The lowest BCUT2D eigenvalue weighted by Crippen LogP contribution is -2.48. The highest BCUT2D eigenvalue weighted by Gasteiger charge is 2.34. The summed E-state index contributed by atoms with van der Waals surface area (Å²) < 4.78 is 11.3. The van der Waals surface area contributed by atoms with Crippen LogP contribution in [0.25, 0.3) is 0 Å². The van der Waals surface area contributed by atoms with Crippen molar-refractivity contribution >= 4 is 5.97 Å². The van der Waals surface area contributed by atoms with E-state index in [2.05, 4.69) is 13.8 Å². The third-order valence-corrected chi connectivity index (χ3v) is 3.81. The van der Waals surface area contributed by atoms with E-state index in [1.165, 1.54) is 6.92 Å². The smallest absolute Gasteiger partial charge is 0.303 e. The lowest BCUT2D eigenvalue weighted by molar-refractivity contribution is -1.37. The van der Waals surface area contributed by atoms with E-state index in [9.17, 15) is 4.79 Å². The molecule has 0 saturated carbocycles. The van der Waals surface area contributed by atoms with Gasteiger partial charge in [0.25, 0.3) is 0 Å². The third kappa shape index (κ3) is 11.1. The third-order valence-electron chi connectivity index (χ3n) is 3.81. The number of quaternary nitrogens is 1. The molecule has 7 heteroatoms. The Hall–Kier alpha value is -0.730. The maximum Gasteiger partial charge on any atom is 0.303 e. The number of carbonyl (C=O) groups excluding carboxylic acids is 1. The normalized spacial score (nSPS) is 13.1. The fourth-order valence-electron chi connectivity index (χ4n) is 2.68. The molecule has 0 fully saturated rings. The van der Waals surface area contributed by atoms with Crippen molar-refractivity contribution in [2.45, 2.75) is 85.9 Å². The van der Waals surface area contributed by atoms with Gasteiger partial charge in [0.1, 0.15) is 25.4 Å². The number of carbonyl (C=O) groups is 1. The SMILES string of the molecule is CCO[N+](CCCC(C)(C)OCCC(C)(C)OC(C)=O)(OCC)OCC. The van der Waals surface area contributed by atoms with E-state index in [1.807, 2.05) is 34.6 Å². The van der Waals surface area contributed by atoms with Crippen molar-refractivity contribution in [3.05, 3.63) is 0 Å². The number of hydrogen-bond donors (Lipinski definition) is 0. The van der Waals surface area contributed by atoms with Crippen LogP contribution in [0.5, 0.6) is 0 Å². The van der Waals surface area contributed by atoms with Crippen LogP contribution in [-0.4, -0.2) is 55.1 Å². The van der Waals surface area contributed by atoms with Gasteiger partial charge >= 0.3 is 5.97 Å².